The first kappa shape index (κ1) is 12.3. The Morgan fingerprint density at radius 2 is 2.29 bits per heavy atom. The second-order valence-electron chi connectivity index (χ2n) is 4.82. The van der Waals surface area contributed by atoms with E-state index in [1.807, 2.05) is 6.92 Å². The maximum atomic E-state index is 13.3. The summed E-state index contributed by atoms with van der Waals surface area (Å²) >= 11 is 0. The molecule has 0 amide bonds. The Morgan fingerprint density at radius 1 is 1.53 bits per heavy atom. The van der Waals surface area contributed by atoms with Crippen molar-refractivity contribution >= 4 is 0 Å². The Bertz CT molecular complexity index is 390. The molecule has 1 saturated carbocycles. The molecule has 5 heteroatoms. The summed E-state index contributed by atoms with van der Waals surface area (Å²) in [6.45, 7) is 1.99. The van der Waals surface area contributed by atoms with Crippen molar-refractivity contribution in [1.82, 2.24) is 9.97 Å². The van der Waals surface area contributed by atoms with Gasteiger partial charge in [-0.15, -0.1) is 0 Å². The third-order valence-corrected chi connectivity index (χ3v) is 3.30. The maximum absolute atomic E-state index is 13.3. The number of halogens is 2. The van der Waals surface area contributed by atoms with E-state index in [0.29, 0.717) is 30.8 Å². The summed E-state index contributed by atoms with van der Waals surface area (Å²) in [6, 6.07) is 0. The molecule has 96 valence electrons. The van der Waals surface area contributed by atoms with Crippen LogP contribution in [0.25, 0.3) is 0 Å². The number of hydrogen-bond acceptors (Lipinski definition) is 2. The van der Waals surface area contributed by atoms with E-state index in [4.69, 9.17) is 0 Å². The first-order chi connectivity index (χ1) is 8.02. The molecule has 0 aromatic carbocycles. The fourth-order valence-corrected chi connectivity index (χ4v) is 2.44. The molecule has 1 fully saturated rings. The lowest BCUT2D eigenvalue weighted by Gasteiger charge is -2.27. The minimum absolute atomic E-state index is 0.0298. The van der Waals surface area contributed by atoms with E-state index in [-0.39, 0.29) is 24.6 Å². The molecule has 0 saturated heterocycles. The minimum Gasteiger partial charge on any atom is -0.492 e. The predicted molar refractivity (Wildman–Crippen MR) is 60.4 cm³/mol. The van der Waals surface area contributed by atoms with Gasteiger partial charge in [0.15, 0.2) is 0 Å². The number of imidazole rings is 1. The van der Waals surface area contributed by atoms with E-state index >= 15 is 0 Å². The largest absolute Gasteiger partial charge is 0.492 e. The van der Waals surface area contributed by atoms with Crippen molar-refractivity contribution in [3.05, 3.63) is 11.5 Å². The number of aromatic hydroxyl groups is 1. The van der Waals surface area contributed by atoms with Gasteiger partial charge in [0.1, 0.15) is 5.82 Å². The molecular weight excluding hydrogens is 226 g/mol. The van der Waals surface area contributed by atoms with Crippen molar-refractivity contribution in [2.45, 2.75) is 57.3 Å². The Kier molecular flexibility index (Phi) is 3.35. The van der Waals surface area contributed by atoms with Crippen molar-refractivity contribution in [2.75, 3.05) is 0 Å². The summed E-state index contributed by atoms with van der Waals surface area (Å²) in [5.41, 5.74) is 0.663. The summed E-state index contributed by atoms with van der Waals surface area (Å²) in [5, 5.41) is 9.59. The number of aromatic amines is 1. The van der Waals surface area contributed by atoms with Gasteiger partial charge in [-0.1, -0.05) is 13.3 Å². The number of hydrogen-bond donors (Lipinski definition) is 2. The molecule has 0 radical (unpaired) electrons. The van der Waals surface area contributed by atoms with Crippen LogP contribution in [-0.4, -0.2) is 21.0 Å². The van der Waals surface area contributed by atoms with Crippen LogP contribution in [0.4, 0.5) is 8.78 Å². The average molecular weight is 244 g/mol. The SMILES string of the molecule is CCCc1[nH]c(C2CCCC(F)(F)C2)nc1O. The van der Waals surface area contributed by atoms with Crippen LogP contribution in [0.3, 0.4) is 0 Å². The van der Waals surface area contributed by atoms with Crippen molar-refractivity contribution in [2.24, 2.45) is 0 Å². The van der Waals surface area contributed by atoms with Crippen LogP contribution in [0.15, 0.2) is 0 Å². The first-order valence-corrected chi connectivity index (χ1v) is 6.17. The molecule has 2 rings (SSSR count). The highest BCUT2D eigenvalue weighted by Gasteiger charge is 2.38. The highest BCUT2D eigenvalue weighted by molar-refractivity contribution is 5.21. The molecule has 1 unspecified atom stereocenters. The summed E-state index contributed by atoms with van der Waals surface area (Å²) < 4.78 is 26.6. The summed E-state index contributed by atoms with van der Waals surface area (Å²) in [6.07, 6.45) is 2.62. The van der Waals surface area contributed by atoms with E-state index in [9.17, 15) is 13.9 Å². The van der Waals surface area contributed by atoms with E-state index < -0.39 is 5.92 Å². The Labute approximate surface area is 99.3 Å². The van der Waals surface area contributed by atoms with Crippen LogP contribution >= 0.6 is 0 Å². The second-order valence-corrected chi connectivity index (χ2v) is 4.82. The van der Waals surface area contributed by atoms with Crippen LogP contribution in [0, 0.1) is 0 Å². The third-order valence-electron chi connectivity index (χ3n) is 3.30. The fourth-order valence-electron chi connectivity index (χ4n) is 2.44. The zero-order valence-electron chi connectivity index (χ0n) is 9.97. The lowest BCUT2D eigenvalue weighted by molar-refractivity contribution is -0.0416. The van der Waals surface area contributed by atoms with Crippen LogP contribution < -0.4 is 0 Å². The maximum Gasteiger partial charge on any atom is 0.248 e. The number of aromatic nitrogens is 2. The number of nitrogens with one attached hydrogen (secondary N) is 1. The predicted octanol–water partition coefficient (Wildman–Crippen LogP) is 3.36. The lowest BCUT2D eigenvalue weighted by Crippen LogP contribution is -2.25. The molecule has 1 aromatic rings. The molecular formula is C12H18F2N2O. The number of nitrogens with zero attached hydrogens (tertiary/aromatic N) is 1. The van der Waals surface area contributed by atoms with E-state index in [1.54, 1.807) is 0 Å². The van der Waals surface area contributed by atoms with Gasteiger partial charge in [-0.25, -0.2) is 8.78 Å². The van der Waals surface area contributed by atoms with Gasteiger partial charge in [-0.3, -0.25) is 0 Å². The van der Waals surface area contributed by atoms with Gasteiger partial charge in [-0.05, 0) is 19.3 Å². The van der Waals surface area contributed by atoms with Gasteiger partial charge < -0.3 is 10.1 Å². The Morgan fingerprint density at radius 3 is 2.94 bits per heavy atom. The summed E-state index contributed by atoms with van der Waals surface area (Å²) in [4.78, 5) is 6.98. The normalized spacial score (nSPS) is 23.8. The summed E-state index contributed by atoms with van der Waals surface area (Å²) in [5.74, 6) is -2.35. The number of H-pyrrole nitrogens is 1. The first-order valence-electron chi connectivity index (χ1n) is 6.17. The van der Waals surface area contributed by atoms with E-state index in [1.165, 1.54) is 0 Å². The van der Waals surface area contributed by atoms with Gasteiger partial charge in [0.2, 0.25) is 11.8 Å². The molecule has 17 heavy (non-hydrogen) atoms. The molecule has 3 nitrogen and oxygen atoms in total. The van der Waals surface area contributed by atoms with Gasteiger partial charge in [0.05, 0.1) is 5.69 Å². The number of aryl methyl sites for hydroxylation is 1. The Hall–Kier alpha value is -1.13. The number of alkyl halides is 2. The molecule has 1 aromatic heterocycles. The molecule has 0 spiro atoms. The van der Waals surface area contributed by atoms with Crippen molar-refractivity contribution < 1.29 is 13.9 Å². The molecule has 1 aliphatic carbocycles. The zero-order chi connectivity index (χ0) is 12.5. The molecule has 0 aliphatic heterocycles. The summed E-state index contributed by atoms with van der Waals surface area (Å²) in [7, 11) is 0. The van der Waals surface area contributed by atoms with Crippen molar-refractivity contribution in [1.29, 1.82) is 0 Å². The fraction of sp³-hybridized carbons (Fsp3) is 0.750. The average Bonchev–Trinajstić information content (AvgIpc) is 2.60. The molecule has 1 heterocycles. The van der Waals surface area contributed by atoms with Gasteiger partial charge in [-0.2, -0.15) is 4.98 Å². The minimum atomic E-state index is -2.59. The van der Waals surface area contributed by atoms with Gasteiger partial charge in [0, 0.05) is 18.8 Å². The monoisotopic (exact) mass is 244 g/mol. The smallest absolute Gasteiger partial charge is 0.248 e. The third kappa shape index (κ3) is 2.76. The van der Waals surface area contributed by atoms with Crippen LogP contribution in [0.1, 0.15) is 56.5 Å². The molecule has 1 aliphatic rings. The van der Waals surface area contributed by atoms with Crippen LogP contribution in [0.2, 0.25) is 0 Å². The quantitative estimate of drug-likeness (QED) is 0.856. The van der Waals surface area contributed by atoms with Crippen molar-refractivity contribution in [3.63, 3.8) is 0 Å². The van der Waals surface area contributed by atoms with Gasteiger partial charge >= 0.3 is 0 Å². The van der Waals surface area contributed by atoms with E-state index in [2.05, 4.69) is 9.97 Å². The topological polar surface area (TPSA) is 48.9 Å². The van der Waals surface area contributed by atoms with E-state index in [0.717, 1.165) is 6.42 Å². The van der Waals surface area contributed by atoms with Gasteiger partial charge in [0.25, 0.3) is 0 Å². The lowest BCUT2D eigenvalue weighted by atomic mass is 9.86. The molecule has 1 atom stereocenters. The van der Waals surface area contributed by atoms with Crippen LogP contribution in [0.5, 0.6) is 5.88 Å². The second kappa shape index (κ2) is 4.63. The molecule has 2 N–H and O–H groups in total. The van der Waals surface area contributed by atoms with Crippen LogP contribution in [-0.2, 0) is 6.42 Å². The Balaban J connectivity index is 2.14. The standard InChI is InChI=1S/C12H18F2N2O/c1-2-4-9-11(17)16-10(15-9)8-5-3-6-12(13,14)7-8/h8,17H,2-7H2,1H3,(H,15,16). The highest BCUT2D eigenvalue weighted by atomic mass is 19.3. The number of rotatable bonds is 3. The van der Waals surface area contributed by atoms with Crippen molar-refractivity contribution in [3.8, 4) is 5.88 Å². The zero-order valence-corrected chi connectivity index (χ0v) is 9.97. The highest BCUT2D eigenvalue weighted by Crippen LogP contribution is 2.41. The molecule has 0 bridgehead atoms.